The van der Waals surface area contributed by atoms with Crippen molar-refractivity contribution in [2.45, 2.75) is 6.18 Å². The van der Waals surface area contributed by atoms with Gasteiger partial charge in [0.2, 0.25) is 0 Å². The molecule has 4 nitrogen and oxygen atoms in total. The number of hydrogen-bond acceptors (Lipinski definition) is 2. The Bertz CT molecular complexity index is 1060. The van der Waals surface area contributed by atoms with Gasteiger partial charge in [0.25, 0.3) is 5.91 Å². The molecular formula is C17H7F8N3O. The quantitative estimate of drug-likeness (QED) is 0.460. The number of nitrogens with zero attached hydrogens (tertiary/aromatic N) is 1. The third-order valence-corrected chi connectivity index (χ3v) is 3.75. The fraction of sp³-hybridized carbons (Fsp3) is 0.0588. The van der Waals surface area contributed by atoms with Crippen LogP contribution in [0.2, 0.25) is 0 Å². The highest BCUT2D eigenvalue weighted by Crippen LogP contribution is 2.38. The maximum absolute atomic E-state index is 13.9. The summed E-state index contributed by atoms with van der Waals surface area (Å²) < 4.78 is 106. The number of carbonyl (C=O) groups excluding carboxylic acids is 1. The predicted molar refractivity (Wildman–Crippen MR) is 83.2 cm³/mol. The summed E-state index contributed by atoms with van der Waals surface area (Å²) in [5.74, 6) is -12.2. The number of anilines is 1. The SMILES string of the molecule is O=C(Nc1c(F)c(F)c(C(F)(F)F)c(F)c1F)c1cc(-c2ccc(F)cc2)n[nH]1. The summed E-state index contributed by atoms with van der Waals surface area (Å²) in [6, 6.07) is 5.89. The molecule has 1 aromatic heterocycles. The van der Waals surface area contributed by atoms with Crippen LogP contribution < -0.4 is 5.32 Å². The standard InChI is InChI=1S/C17H7F8N3O/c18-7-3-1-6(2-4-7)8-5-9(28-27-8)16(29)26-15-13(21)11(19)10(17(23,24)25)12(20)14(15)22/h1-5H,(H,26,29)(H,27,28). The summed E-state index contributed by atoms with van der Waals surface area (Å²) in [7, 11) is 0. The van der Waals surface area contributed by atoms with Crippen molar-refractivity contribution >= 4 is 11.6 Å². The van der Waals surface area contributed by atoms with Crippen LogP contribution >= 0.6 is 0 Å². The van der Waals surface area contributed by atoms with E-state index in [2.05, 4.69) is 10.2 Å². The minimum absolute atomic E-state index is 0.112. The first kappa shape index (κ1) is 20.3. The number of hydrogen-bond donors (Lipinski definition) is 2. The van der Waals surface area contributed by atoms with E-state index >= 15 is 0 Å². The zero-order valence-corrected chi connectivity index (χ0v) is 13.8. The minimum Gasteiger partial charge on any atom is -0.316 e. The van der Waals surface area contributed by atoms with Gasteiger partial charge in [-0.15, -0.1) is 0 Å². The maximum Gasteiger partial charge on any atom is 0.422 e. The van der Waals surface area contributed by atoms with Crippen LogP contribution in [-0.4, -0.2) is 16.1 Å². The molecule has 0 aliphatic rings. The number of amides is 1. The van der Waals surface area contributed by atoms with E-state index in [9.17, 15) is 39.9 Å². The highest BCUT2D eigenvalue weighted by atomic mass is 19.4. The van der Waals surface area contributed by atoms with Crippen molar-refractivity contribution in [1.82, 2.24) is 10.2 Å². The summed E-state index contributed by atoms with van der Waals surface area (Å²) >= 11 is 0. The molecule has 0 bridgehead atoms. The lowest BCUT2D eigenvalue weighted by Gasteiger charge is -2.14. The Morgan fingerprint density at radius 1 is 0.897 bits per heavy atom. The Morgan fingerprint density at radius 2 is 1.45 bits per heavy atom. The second-order valence-electron chi connectivity index (χ2n) is 5.63. The molecule has 0 aliphatic carbocycles. The molecule has 152 valence electrons. The Hall–Kier alpha value is -3.44. The van der Waals surface area contributed by atoms with E-state index in [1.807, 2.05) is 0 Å². The number of carbonyl (C=O) groups is 1. The fourth-order valence-corrected chi connectivity index (χ4v) is 2.38. The first-order valence-electron chi connectivity index (χ1n) is 7.56. The third kappa shape index (κ3) is 3.77. The largest absolute Gasteiger partial charge is 0.422 e. The van der Waals surface area contributed by atoms with Crippen molar-refractivity contribution in [3.05, 3.63) is 70.7 Å². The number of aromatic nitrogens is 2. The second kappa shape index (κ2) is 7.18. The molecule has 0 unspecified atom stereocenters. The molecule has 0 spiro atoms. The van der Waals surface area contributed by atoms with Crippen molar-refractivity contribution < 1.29 is 39.9 Å². The molecule has 2 N–H and O–H groups in total. The fourth-order valence-electron chi connectivity index (χ4n) is 2.38. The normalized spacial score (nSPS) is 11.6. The first-order valence-corrected chi connectivity index (χ1v) is 7.56. The molecule has 2 aromatic carbocycles. The van der Waals surface area contributed by atoms with E-state index in [0.29, 0.717) is 5.56 Å². The van der Waals surface area contributed by atoms with Gasteiger partial charge in [0.1, 0.15) is 22.8 Å². The Labute approximate surface area is 156 Å². The summed E-state index contributed by atoms with van der Waals surface area (Å²) in [6.45, 7) is 0. The van der Waals surface area contributed by atoms with Crippen LogP contribution in [0.5, 0.6) is 0 Å². The zero-order valence-electron chi connectivity index (χ0n) is 13.8. The first-order chi connectivity index (χ1) is 13.5. The van der Waals surface area contributed by atoms with Gasteiger partial charge in [0, 0.05) is 5.56 Å². The van der Waals surface area contributed by atoms with Gasteiger partial charge in [-0.3, -0.25) is 9.89 Å². The summed E-state index contributed by atoms with van der Waals surface area (Å²) in [4.78, 5) is 12.1. The average molecular weight is 421 g/mol. The van der Waals surface area contributed by atoms with Crippen LogP contribution in [-0.2, 0) is 6.18 Å². The number of benzene rings is 2. The molecule has 1 amide bonds. The molecule has 1 heterocycles. The summed E-state index contributed by atoms with van der Waals surface area (Å²) in [5, 5.41) is 7.35. The number of alkyl halides is 3. The molecule has 0 radical (unpaired) electrons. The number of halogens is 8. The summed E-state index contributed by atoms with van der Waals surface area (Å²) in [5.41, 5.74) is -4.48. The lowest BCUT2D eigenvalue weighted by Crippen LogP contribution is -2.20. The van der Waals surface area contributed by atoms with Gasteiger partial charge in [-0.05, 0) is 30.3 Å². The van der Waals surface area contributed by atoms with E-state index in [0.717, 1.165) is 18.2 Å². The second-order valence-corrected chi connectivity index (χ2v) is 5.63. The molecule has 0 saturated carbocycles. The van der Waals surface area contributed by atoms with Gasteiger partial charge in [-0.2, -0.15) is 18.3 Å². The van der Waals surface area contributed by atoms with Crippen molar-refractivity contribution in [3.8, 4) is 11.3 Å². The Balaban J connectivity index is 1.93. The molecule has 3 aromatic rings. The van der Waals surface area contributed by atoms with Crippen LogP contribution in [0.15, 0.2) is 30.3 Å². The van der Waals surface area contributed by atoms with Crippen LogP contribution in [0, 0.1) is 29.1 Å². The average Bonchev–Trinajstić information content (AvgIpc) is 3.13. The van der Waals surface area contributed by atoms with E-state index in [-0.39, 0.29) is 5.69 Å². The Kier molecular flexibility index (Phi) is 5.03. The van der Waals surface area contributed by atoms with E-state index in [1.54, 1.807) is 0 Å². The Morgan fingerprint density at radius 3 is 1.97 bits per heavy atom. The number of H-pyrrole nitrogens is 1. The van der Waals surface area contributed by atoms with Crippen LogP contribution in [0.1, 0.15) is 16.1 Å². The number of aromatic amines is 1. The van der Waals surface area contributed by atoms with Gasteiger partial charge in [0.15, 0.2) is 23.3 Å². The van der Waals surface area contributed by atoms with Gasteiger partial charge in [-0.25, -0.2) is 22.0 Å². The van der Waals surface area contributed by atoms with Gasteiger partial charge < -0.3 is 5.32 Å². The van der Waals surface area contributed by atoms with E-state index in [4.69, 9.17) is 0 Å². The molecule has 0 aliphatic heterocycles. The smallest absolute Gasteiger partial charge is 0.316 e. The topological polar surface area (TPSA) is 57.8 Å². The highest BCUT2D eigenvalue weighted by molar-refractivity contribution is 6.03. The predicted octanol–water partition coefficient (Wildman–Crippen LogP) is 5.04. The lowest BCUT2D eigenvalue weighted by atomic mass is 10.1. The number of rotatable bonds is 3. The minimum atomic E-state index is -5.70. The monoisotopic (exact) mass is 421 g/mol. The summed E-state index contributed by atoms with van der Waals surface area (Å²) in [6.07, 6.45) is -5.70. The van der Waals surface area contributed by atoms with Crippen molar-refractivity contribution in [1.29, 1.82) is 0 Å². The molecule has 0 saturated heterocycles. The maximum atomic E-state index is 13.9. The number of nitrogens with one attached hydrogen (secondary N) is 2. The van der Waals surface area contributed by atoms with E-state index < -0.39 is 58.1 Å². The molecular weight excluding hydrogens is 414 g/mol. The van der Waals surface area contributed by atoms with Crippen molar-refractivity contribution in [3.63, 3.8) is 0 Å². The molecule has 0 fully saturated rings. The van der Waals surface area contributed by atoms with Crippen LogP contribution in [0.25, 0.3) is 11.3 Å². The lowest BCUT2D eigenvalue weighted by molar-refractivity contribution is -0.143. The zero-order chi connectivity index (χ0) is 21.5. The highest BCUT2D eigenvalue weighted by Gasteiger charge is 2.42. The van der Waals surface area contributed by atoms with Gasteiger partial charge in [-0.1, -0.05) is 0 Å². The van der Waals surface area contributed by atoms with Crippen LogP contribution in [0.3, 0.4) is 0 Å². The molecule has 12 heteroatoms. The van der Waals surface area contributed by atoms with Crippen molar-refractivity contribution in [2.24, 2.45) is 0 Å². The van der Waals surface area contributed by atoms with Gasteiger partial charge in [0.05, 0.1) is 5.69 Å². The van der Waals surface area contributed by atoms with Crippen LogP contribution in [0.4, 0.5) is 40.8 Å². The molecule has 0 atom stereocenters. The molecule has 29 heavy (non-hydrogen) atoms. The molecule has 3 rings (SSSR count). The van der Waals surface area contributed by atoms with Gasteiger partial charge >= 0.3 is 6.18 Å². The third-order valence-electron chi connectivity index (χ3n) is 3.75. The van der Waals surface area contributed by atoms with Crippen molar-refractivity contribution in [2.75, 3.05) is 5.32 Å². The van der Waals surface area contributed by atoms with E-state index in [1.165, 1.54) is 17.4 Å².